The molecule has 1 aliphatic rings. The van der Waals surface area contributed by atoms with Crippen LogP contribution in [0.4, 0.5) is 0 Å². The number of carbonyl (C=O) groups excluding carboxylic acids is 1. The quantitative estimate of drug-likeness (QED) is 0.611. The van der Waals surface area contributed by atoms with Crippen LogP contribution in [0.5, 0.6) is 5.75 Å². The molecule has 66 valence electrons. The number of rotatable bonds is 1. The molecule has 0 atom stereocenters. The fourth-order valence-electron chi connectivity index (χ4n) is 1.43. The average molecular weight is 177 g/mol. The van der Waals surface area contributed by atoms with Gasteiger partial charge in [0.15, 0.2) is 0 Å². The molecule has 0 saturated heterocycles. The number of carbonyl (C=O) groups is 1. The van der Waals surface area contributed by atoms with Crippen molar-refractivity contribution < 1.29 is 9.53 Å². The molecule has 0 unspecified atom stereocenters. The summed E-state index contributed by atoms with van der Waals surface area (Å²) in [5.41, 5.74) is 1.24. The predicted molar refractivity (Wildman–Crippen MR) is 45.8 cm³/mol. The Hall–Kier alpha value is -1.71. The summed E-state index contributed by atoms with van der Waals surface area (Å²) < 4.78 is 5.23. The smallest absolute Gasteiger partial charge is 0.320 e. The molecule has 1 amide bonds. The number of ether oxygens (including phenoxy) is 1. The summed E-state index contributed by atoms with van der Waals surface area (Å²) in [6.07, 6.45) is 0.787. The Morgan fingerprint density at radius 3 is 3.08 bits per heavy atom. The van der Waals surface area contributed by atoms with E-state index in [1.807, 2.05) is 6.07 Å². The Morgan fingerprint density at radius 2 is 2.31 bits per heavy atom. The fraction of sp³-hybridized carbons (Fsp3) is 0.222. The molecule has 4 heteroatoms. The molecule has 0 bridgehead atoms. The minimum absolute atomic E-state index is 0.269. The van der Waals surface area contributed by atoms with Crippen LogP contribution >= 0.6 is 0 Å². The zero-order chi connectivity index (χ0) is 9.26. The van der Waals surface area contributed by atoms with Gasteiger partial charge in [-0.1, -0.05) is 12.1 Å². The highest BCUT2D eigenvalue weighted by Crippen LogP contribution is 2.29. The van der Waals surface area contributed by atoms with E-state index in [0.29, 0.717) is 12.4 Å². The van der Waals surface area contributed by atoms with Crippen molar-refractivity contribution in [2.75, 3.05) is 6.61 Å². The van der Waals surface area contributed by atoms with E-state index in [4.69, 9.17) is 4.74 Å². The molecule has 1 aliphatic heterocycles. The second-order valence-electron chi connectivity index (χ2n) is 2.79. The van der Waals surface area contributed by atoms with Gasteiger partial charge in [0.25, 0.3) is 0 Å². The largest absolute Gasteiger partial charge is 0.492 e. The highest BCUT2D eigenvalue weighted by Gasteiger charge is 2.20. The van der Waals surface area contributed by atoms with Gasteiger partial charge in [0, 0.05) is 11.6 Å². The first-order chi connectivity index (χ1) is 6.33. The van der Waals surface area contributed by atoms with Gasteiger partial charge in [0.1, 0.15) is 5.75 Å². The van der Waals surface area contributed by atoms with Gasteiger partial charge in [-0.2, -0.15) is 0 Å². The molecule has 0 aliphatic carbocycles. The van der Waals surface area contributed by atoms with Crippen molar-refractivity contribution in [3.8, 4) is 5.75 Å². The van der Waals surface area contributed by atoms with E-state index < -0.39 is 5.91 Å². The highest BCUT2D eigenvalue weighted by atomic mass is 16.5. The molecule has 0 N–H and O–H groups in total. The van der Waals surface area contributed by atoms with Gasteiger partial charge >= 0.3 is 5.91 Å². The summed E-state index contributed by atoms with van der Waals surface area (Å²) in [7, 11) is 0. The van der Waals surface area contributed by atoms with Crippen LogP contribution in [-0.2, 0) is 6.42 Å². The molecular formula is C9H7NO3. The van der Waals surface area contributed by atoms with Crippen molar-refractivity contribution in [1.82, 2.24) is 0 Å². The molecule has 0 fully saturated rings. The lowest BCUT2D eigenvalue weighted by Gasteiger charge is -2.01. The van der Waals surface area contributed by atoms with Gasteiger partial charge in [-0.05, 0) is 11.6 Å². The lowest BCUT2D eigenvalue weighted by atomic mass is 10.1. The molecule has 4 nitrogen and oxygen atoms in total. The van der Waals surface area contributed by atoms with Gasteiger partial charge in [-0.3, -0.25) is 4.79 Å². The second-order valence-corrected chi connectivity index (χ2v) is 2.79. The van der Waals surface area contributed by atoms with Crippen LogP contribution in [0, 0.1) is 4.91 Å². The predicted octanol–water partition coefficient (Wildman–Crippen LogP) is 1.53. The minimum Gasteiger partial charge on any atom is -0.492 e. The third-order valence-corrected chi connectivity index (χ3v) is 2.03. The van der Waals surface area contributed by atoms with Crippen molar-refractivity contribution in [2.45, 2.75) is 6.42 Å². The third kappa shape index (κ3) is 1.20. The first kappa shape index (κ1) is 7.91. The van der Waals surface area contributed by atoms with E-state index in [9.17, 15) is 9.70 Å². The maximum Gasteiger partial charge on any atom is 0.320 e. The first-order valence-electron chi connectivity index (χ1n) is 3.95. The molecule has 13 heavy (non-hydrogen) atoms. The van der Waals surface area contributed by atoms with Crippen LogP contribution in [0.3, 0.4) is 0 Å². The monoisotopic (exact) mass is 177 g/mol. The summed E-state index contributed by atoms with van der Waals surface area (Å²) >= 11 is 0. The summed E-state index contributed by atoms with van der Waals surface area (Å²) in [6, 6.07) is 5.16. The minimum atomic E-state index is -0.765. The molecule has 1 aromatic rings. The molecule has 0 spiro atoms. The van der Waals surface area contributed by atoms with E-state index in [-0.39, 0.29) is 5.56 Å². The van der Waals surface area contributed by atoms with Crippen molar-refractivity contribution >= 4 is 5.91 Å². The molecule has 0 radical (unpaired) electrons. The lowest BCUT2D eigenvalue weighted by Crippen LogP contribution is -1.97. The van der Waals surface area contributed by atoms with E-state index in [2.05, 4.69) is 5.18 Å². The number of para-hydroxylation sites is 1. The van der Waals surface area contributed by atoms with Crippen LogP contribution in [0.15, 0.2) is 23.4 Å². The van der Waals surface area contributed by atoms with Crippen LogP contribution in [0.2, 0.25) is 0 Å². The van der Waals surface area contributed by atoms with Crippen molar-refractivity contribution in [3.05, 3.63) is 34.2 Å². The van der Waals surface area contributed by atoms with E-state index in [1.54, 1.807) is 12.1 Å². The molecule has 0 saturated carbocycles. The normalized spacial score (nSPS) is 13.2. The Morgan fingerprint density at radius 1 is 1.46 bits per heavy atom. The number of nitrogens with zero attached hydrogens (tertiary/aromatic N) is 1. The summed E-state index contributed by atoms with van der Waals surface area (Å²) in [5.74, 6) is -0.245. The van der Waals surface area contributed by atoms with Gasteiger partial charge < -0.3 is 4.74 Å². The topological polar surface area (TPSA) is 55.7 Å². The molecule has 1 heterocycles. The van der Waals surface area contributed by atoms with E-state index >= 15 is 0 Å². The van der Waals surface area contributed by atoms with E-state index in [0.717, 1.165) is 12.0 Å². The van der Waals surface area contributed by atoms with Crippen LogP contribution in [0.25, 0.3) is 0 Å². The van der Waals surface area contributed by atoms with Gasteiger partial charge in [0.2, 0.25) is 0 Å². The molecule has 1 aromatic carbocycles. The average Bonchev–Trinajstić information content (AvgIpc) is 2.63. The standard InChI is InChI=1S/C9H7NO3/c11-9(10-12)7-3-1-2-6-4-5-13-8(6)7/h1-3H,4-5H2. The first-order valence-corrected chi connectivity index (χ1v) is 3.95. The maximum absolute atomic E-state index is 11.0. The van der Waals surface area contributed by atoms with E-state index in [1.165, 1.54) is 0 Å². The Kier molecular flexibility index (Phi) is 1.81. The number of hydrogen-bond donors (Lipinski definition) is 0. The summed E-state index contributed by atoms with van der Waals surface area (Å²) in [6.45, 7) is 0.568. The SMILES string of the molecule is O=NC(=O)c1cccc2c1OCC2. The van der Waals surface area contributed by atoms with Crippen LogP contribution < -0.4 is 4.74 Å². The molecule has 0 aromatic heterocycles. The maximum atomic E-state index is 11.0. The highest BCUT2D eigenvalue weighted by molar-refractivity contribution is 5.98. The Balaban J connectivity index is 2.53. The fourth-order valence-corrected chi connectivity index (χ4v) is 1.43. The van der Waals surface area contributed by atoms with Crippen LogP contribution in [0.1, 0.15) is 15.9 Å². The zero-order valence-corrected chi connectivity index (χ0v) is 6.82. The third-order valence-electron chi connectivity index (χ3n) is 2.03. The summed E-state index contributed by atoms with van der Waals surface area (Å²) in [4.78, 5) is 21.1. The van der Waals surface area contributed by atoms with Crippen LogP contribution in [-0.4, -0.2) is 12.5 Å². The number of nitroso groups, excluding NO2 is 1. The summed E-state index contributed by atoms with van der Waals surface area (Å²) in [5, 5.41) is 2.37. The van der Waals surface area contributed by atoms with Crippen molar-refractivity contribution in [3.63, 3.8) is 0 Å². The lowest BCUT2D eigenvalue weighted by molar-refractivity contribution is 0.0998. The Labute approximate surface area is 74.5 Å². The van der Waals surface area contributed by atoms with Gasteiger partial charge in [-0.15, -0.1) is 4.91 Å². The number of hydrogen-bond acceptors (Lipinski definition) is 3. The number of amides is 1. The Bertz CT molecular complexity index is 373. The second kappa shape index (κ2) is 2.97. The zero-order valence-electron chi connectivity index (χ0n) is 6.82. The number of fused-ring (bicyclic) bond motifs is 1. The molecule has 2 rings (SSSR count). The van der Waals surface area contributed by atoms with Gasteiger partial charge in [0.05, 0.1) is 12.2 Å². The van der Waals surface area contributed by atoms with Crippen molar-refractivity contribution in [2.24, 2.45) is 5.18 Å². The number of benzene rings is 1. The van der Waals surface area contributed by atoms with Crippen molar-refractivity contribution in [1.29, 1.82) is 0 Å². The molecular weight excluding hydrogens is 170 g/mol. The van der Waals surface area contributed by atoms with Gasteiger partial charge in [-0.25, -0.2) is 0 Å².